The van der Waals surface area contributed by atoms with Gasteiger partial charge in [0.25, 0.3) is 0 Å². The topological polar surface area (TPSA) is 38.7 Å². The number of rotatable bonds is 3. The van der Waals surface area contributed by atoms with Gasteiger partial charge in [-0.25, -0.2) is 0 Å². The van der Waals surface area contributed by atoms with Gasteiger partial charge in [0.05, 0.1) is 0 Å². The van der Waals surface area contributed by atoms with Crippen LogP contribution in [-0.2, 0) is 20.1 Å². The van der Waals surface area contributed by atoms with E-state index in [1.165, 1.54) is 5.56 Å². The summed E-state index contributed by atoms with van der Waals surface area (Å²) in [4.78, 5) is 12.7. The summed E-state index contributed by atoms with van der Waals surface area (Å²) < 4.78 is 0. The van der Waals surface area contributed by atoms with Crippen LogP contribution in [0.4, 0.5) is 0 Å². The molecular weight excluding hydrogens is 643 g/mol. The average Bonchev–Trinajstić information content (AvgIpc) is 3.00. The fraction of sp³-hybridized carbons (Fsp3) is 0.0294. The van der Waals surface area contributed by atoms with E-state index >= 15 is 0 Å². The van der Waals surface area contributed by atoms with Crippen LogP contribution in [0.2, 0.25) is 0 Å². The van der Waals surface area contributed by atoms with Crippen molar-refractivity contribution in [3.05, 3.63) is 164 Å². The summed E-state index contributed by atoms with van der Waals surface area (Å²) in [5.74, 6) is 0. The van der Waals surface area contributed by atoms with Gasteiger partial charge in [-0.3, -0.25) is 0 Å². The van der Waals surface area contributed by atoms with Crippen LogP contribution in [0.25, 0.3) is 33.8 Å². The van der Waals surface area contributed by atoms with Crippen LogP contribution in [0.3, 0.4) is 0 Å². The van der Waals surface area contributed by atoms with Gasteiger partial charge in [0.15, 0.2) is 0 Å². The van der Waals surface area contributed by atoms with Crippen molar-refractivity contribution in [2.24, 2.45) is 0 Å². The quantitative estimate of drug-likeness (QED) is 0.180. The van der Waals surface area contributed by atoms with Crippen molar-refractivity contribution >= 4 is 0 Å². The zero-order chi connectivity index (χ0) is 25.5. The average molecular weight is 669 g/mol. The zero-order valence-corrected chi connectivity index (χ0v) is 23.3. The second-order valence-corrected chi connectivity index (χ2v) is 7.98. The third-order valence-electron chi connectivity index (χ3n) is 5.20. The molecule has 0 atom stereocenters. The Labute approximate surface area is 238 Å². The first kappa shape index (κ1) is 28.3. The number of benzene rings is 3. The van der Waals surface area contributed by atoms with E-state index in [0.29, 0.717) is 0 Å². The second kappa shape index (κ2) is 15.8. The molecule has 3 aromatic heterocycles. The maximum Gasteiger partial charge on any atom is 3.00 e. The molecule has 3 aromatic carbocycles. The number of aromatic nitrogens is 3. The molecule has 0 spiro atoms. The van der Waals surface area contributed by atoms with Crippen molar-refractivity contribution in [2.45, 2.75) is 6.92 Å². The molecule has 6 aromatic rings. The fourth-order valence-corrected chi connectivity index (χ4v) is 3.40. The van der Waals surface area contributed by atoms with E-state index in [4.69, 9.17) is 0 Å². The molecule has 0 unspecified atom stereocenters. The molecule has 3 nitrogen and oxygen atoms in total. The van der Waals surface area contributed by atoms with Crippen LogP contribution in [0.15, 0.2) is 140 Å². The molecule has 0 N–H and O–H groups in total. The monoisotopic (exact) mass is 669 g/mol. The van der Waals surface area contributed by atoms with Crippen molar-refractivity contribution in [3.8, 4) is 33.8 Å². The van der Waals surface area contributed by atoms with Crippen molar-refractivity contribution in [1.29, 1.82) is 0 Å². The number of hydrogen-bond acceptors (Lipinski definition) is 3. The van der Waals surface area contributed by atoms with Crippen LogP contribution < -0.4 is 0 Å². The molecule has 0 saturated heterocycles. The molecule has 3 heterocycles. The van der Waals surface area contributed by atoms with Gasteiger partial charge in [-0.05, 0) is 35.3 Å². The van der Waals surface area contributed by atoms with Gasteiger partial charge < -0.3 is 15.0 Å². The van der Waals surface area contributed by atoms with Gasteiger partial charge in [-0.2, -0.15) is 0 Å². The van der Waals surface area contributed by atoms with Gasteiger partial charge in [-0.15, -0.1) is 107 Å². The first-order valence-electron chi connectivity index (χ1n) is 12.0. The normalized spacial score (nSPS) is 9.50. The Morgan fingerprint density at radius 2 is 0.868 bits per heavy atom. The molecule has 38 heavy (non-hydrogen) atoms. The third kappa shape index (κ3) is 9.01. The number of aryl methyl sites for hydroxylation is 1. The Bertz CT molecular complexity index is 1300. The third-order valence-corrected chi connectivity index (χ3v) is 5.20. The smallest absolute Gasteiger partial charge is 0.305 e. The maximum atomic E-state index is 4.26. The standard InChI is InChI=1S/C12H10N.2C11H8N.Ir/c1-10-5-4-6-11(9-10)12-7-2-3-8-13-12;2*1-2-6-10(7-3-1)11-8-4-5-9-12-11;/h2-5,7-9H,1H3;2*1-6,8-9H;/q3*-1;+3. The van der Waals surface area contributed by atoms with Crippen LogP contribution in [0.5, 0.6) is 0 Å². The Morgan fingerprint density at radius 3 is 1.24 bits per heavy atom. The Kier molecular flexibility index (Phi) is 11.8. The van der Waals surface area contributed by atoms with Gasteiger partial charge in [0, 0.05) is 18.6 Å². The van der Waals surface area contributed by atoms with Gasteiger partial charge in [-0.1, -0.05) is 43.3 Å². The summed E-state index contributed by atoms with van der Waals surface area (Å²) in [7, 11) is 0. The van der Waals surface area contributed by atoms with Crippen molar-refractivity contribution < 1.29 is 20.1 Å². The van der Waals surface area contributed by atoms with Crippen molar-refractivity contribution in [3.63, 3.8) is 0 Å². The van der Waals surface area contributed by atoms with E-state index < -0.39 is 0 Å². The minimum Gasteiger partial charge on any atom is -0.305 e. The van der Waals surface area contributed by atoms with Crippen LogP contribution >= 0.6 is 0 Å². The number of nitrogens with zero attached hydrogens (tertiary/aromatic N) is 3. The molecule has 6 rings (SSSR count). The first-order valence-corrected chi connectivity index (χ1v) is 12.0. The summed E-state index contributed by atoms with van der Waals surface area (Å²) in [5, 5.41) is 0. The minimum atomic E-state index is 0. The van der Waals surface area contributed by atoms with E-state index in [-0.39, 0.29) is 20.1 Å². The Balaban J connectivity index is 0.000000156. The van der Waals surface area contributed by atoms with Gasteiger partial charge >= 0.3 is 20.1 Å². The minimum absolute atomic E-state index is 0. The molecule has 0 saturated carbocycles. The Hall–Kier alpha value is -4.24. The summed E-state index contributed by atoms with van der Waals surface area (Å²) in [6, 6.07) is 48.7. The largest absolute Gasteiger partial charge is 3.00 e. The van der Waals surface area contributed by atoms with E-state index in [0.717, 1.165) is 33.8 Å². The van der Waals surface area contributed by atoms with Crippen LogP contribution in [0, 0.1) is 25.1 Å². The van der Waals surface area contributed by atoms with Crippen molar-refractivity contribution in [2.75, 3.05) is 0 Å². The molecular formula is C34H26IrN3. The Morgan fingerprint density at radius 1 is 0.447 bits per heavy atom. The summed E-state index contributed by atoms with van der Waals surface area (Å²) >= 11 is 0. The zero-order valence-electron chi connectivity index (χ0n) is 21.0. The van der Waals surface area contributed by atoms with E-state index in [9.17, 15) is 0 Å². The van der Waals surface area contributed by atoms with E-state index in [2.05, 4.69) is 46.1 Å². The fourth-order valence-electron chi connectivity index (χ4n) is 3.40. The van der Waals surface area contributed by atoms with Gasteiger partial charge in [0.2, 0.25) is 0 Å². The van der Waals surface area contributed by atoms with Crippen LogP contribution in [-0.4, -0.2) is 15.0 Å². The molecule has 0 aliphatic carbocycles. The molecule has 0 bridgehead atoms. The molecule has 0 fully saturated rings. The van der Waals surface area contributed by atoms with E-state index in [1.54, 1.807) is 18.6 Å². The molecule has 4 heteroatoms. The molecule has 0 aliphatic heterocycles. The molecule has 0 amide bonds. The summed E-state index contributed by atoms with van der Waals surface area (Å²) in [5.41, 5.74) is 7.29. The number of hydrogen-bond donors (Lipinski definition) is 0. The van der Waals surface area contributed by atoms with Crippen LogP contribution in [0.1, 0.15) is 5.56 Å². The molecule has 186 valence electrons. The number of pyridine rings is 3. The predicted octanol–water partition coefficient (Wildman–Crippen LogP) is 7.95. The predicted molar refractivity (Wildman–Crippen MR) is 150 cm³/mol. The molecule has 0 radical (unpaired) electrons. The van der Waals surface area contributed by atoms with Crippen molar-refractivity contribution in [1.82, 2.24) is 15.0 Å². The second-order valence-electron chi connectivity index (χ2n) is 7.98. The summed E-state index contributed by atoms with van der Waals surface area (Å²) in [6.45, 7) is 2.07. The summed E-state index contributed by atoms with van der Waals surface area (Å²) in [6.07, 6.45) is 5.37. The molecule has 0 aliphatic rings. The van der Waals surface area contributed by atoms with E-state index in [1.807, 2.05) is 115 Å². The van der Waals surface area contributed by atoms with Gasteiger partial charge in [0.1, 0.15) is 0 Å². The maximum absolute atomic E-state index is 4.26. The first-order chi connectivity index (χ1) is 18.3. The SMILES string of the molecule is Cc1cc[c-]c(-c2ccccn2)c1.[Ir+3].[c-]1ccccc1-c1ccccn1.[c-]1ccccc1-c1ccccn1.